The fourth-order valence-corrected chi connectivity index (χ4v) is 6.34. The van der Waals surface area contributed by atoms with Crippen molar-refractivity contribution in [2.24, 2.45) is 0 Å². The van der Waals surface area contributed by atoms with Gasteiger partial charge in [0.25, 0.3) is 0 Å². The van der Waals surface area contributed by atoms with Gasteiger partial charge in [0.1, 0.15) is 5.01 Å². The van der Waals surface area contributed by atoms with Crippen LogP contribution in [0.25, 0.3) is 64.9 Å². The zero-order chi connectivity index (χ0) is 27.1. The van der Waals surface area contributed by atoms with E-state index in [4.69, 9.17) is 16.0 Å². The summed E-state index contributed by atoms with van der Waals surface area (Å²) >= 11 is 1.67. The van der Waals surface area contributed by atoms with Crippen LogP contribution in [0.2, 0.25) is 0 Å². The first-order valence-electron chi connectivity index (χ1n) is 13.1. The van der Waals surface area contributed by atoms with Gasteiger partial charge in [-0.15, -0.1) is 11.3 Å². The van der Waals surface area contributed by atoms with Gasteiger partial charge in [-0.3, -0.25) is 0 Å². The monoisotopic (exact) mass is 529 g/mol. The number of hydrogen-bond acceptors (Lipinski definition) is 4. The second-order valence-electron chi connectivity index (χ2n) is 9.77. The highest BCUT2D eigenvalue weighted by Gasteiger charge is 2.17. The van der Waals surface area contributed by atoms with Crippen LogP contribution in [0.1, 0.15) is 5.56 Å². The molecular weight excluding hydrogens is 506 g/mol. The van der Waals surface area contributed by atoms with Crippen molar-refractivity contribution in [3.05, 3.63) is 133 Å². The Morgan fingerprint density at radius 1 is 0.600 bits per heavy atom. The quantitative estimate of drug-likeness (QED) is 0.231. The molecule has 188 valence electrons. The average Bonchev–Trinajstić information content (AvgIpc) is 3.45. The molecule has 0 saturated carbocycles. The zero-order valence-corrected chi connectivity index (χ0v) is 22.3. The molecule has 0 saturated heterocycles. The summed E-state index contributed by atoms with van der Waals surface area (Å²) in [6.45, 7) is 0. The van der Waals surface area contributed by atoms with E-state index in [0.717, 1.165) is 59.9 Å². The van der Waals surface area contributed by atoms with Crippen LogP contribution in [0.15, 0.2) is 127 Å². The molecule has 4 heteroatoms. The number of hydrogen-bond donors (Lipinski definition) is 1. The van der Waals surface area contributed by atoms with Gasteiger partial charge < -0.3 is 5.73 Å². The standard InChI is InChI=1S/C36H23N3S/c37-22-23-12-14-24(15-13-23)25-16-18-26(19-17-25)28-20-32(30-10-5-7-27-6-1-2-8-29(27)30)35-34(21-28)40-36(39-35)31-9-3-4-11-33(31)38/h1-21H,38H2. The molecule has 7 aromatic rings. The average molecular weight is 530 g/mol. The highest BCUT2D eigenvalue weighted by Crippen LogP contribution is 2.42. The summed E-state index contributed by atoms with van der Waals surface area (Å²) in [5.74, 6) is 0. The second kappa shape index (κ2) is 9.81. The Balaban J connectivity index is 1.41. The molecule has 0 aliphatic heterocycles. The lowest BCUT2D eigenvalue weighted by atomic mass is 9.93. The van der Waals surface area contributed by atoms with Crippen molar-refractivity contribution >= 4 is 38.0 Å². The highest BCUT2D eigenvalue weighted by molar-refractivity contribution is 7.21. The smallest absolute Gasteiger partial charge is 0.126 e. The highest BCUT2D eigenvalue weighted by atomic mass is 32.1. The number of anilines is 1. The normalized spacial score (nSPS) is 11.1. The number of aromatic nitrogens is 1. The third-order valence-electron chi connectivity index (χ3n) is 7.33. The van der Waals surface area contributed by atoms with Gasteiger partial charge in [-0.25, -0.2) is 4.98 Å². The summed E-state index contributed by atoms with van der Waals surface area (Å²) in [6, 6.07) is 45.9. The molecule has 0 unspecified atom stereocenters. The van der Waals surface area contributed by atoms with E-state index in [2.05, 4.69) is 84.9 Å². The molecule has 0 bridgehead atoms. The molecular formula is C36H23N3S. The summed E-state index contributed by atoms with van der Waals surface area (Å²) in [5.41, 5.74) is 16.4. The van der Waals surface area contributed by atoms with E-state index in [0.29, 0.717) is 5.56 Å². The molecule has 6 aromatic carbocycles. The summed E-state index contributed by atoms with van der Waals surface area (Å²) in [6.07, 6.45) is 0. The van der Waals surface area contributed by atoms with Crippen LogP contribution < -0.4 is 5.73 Å². The largest absolute Gasteiger partial charge is 0.398 e. The van der Waals surface area contributed by atoms with Crippen molar-refractivity contribution in [3.63, 3.8) is 0 Å². The molecule has 0 aliphatic rings. The van der Waals surface area contributed by atoms with E-state index in [9.17, 15) is 0 Å². The predicted molar refractivity (Wildman–Crippen MR) is 168 cm³/mol. The molecule has 0 amide bonds. The van der Waals surface area contributed by atoms with Crippen LogP contribution in [0.3, 0.4) is 0 Å². The molecule has 1 aromatic heterocycles. The summed E-state index contributed by atoms with van der Waals surface area (Å²) in [4.78, 5) is 5.15. The first-order chi connectivity index (χ1) is 19.7. The molecule has 0 fully saturated rings. The minimum absolute atomic E-state index is 0.663. The van der Waals surface area contributed by atoms with E-state index in [-0.39, 0.29) is 0 Å². The topological polar surface area (TPSA) is 62.7 Å². The number of fused-ring (bicyclic) bond motifs is 2. The molecule has 0 aliphatic carbocycles. The Morgan fingerprint density at radius 2 is 1.23 bits per heavy atom. The fourth-order valence-electron chi connectivity index (χ4n) is 5.26. The Morgan fingerprint density at radius 3 is 1.98 bits per heavy atom. The number of thiazole rings is 1. The van der Waals surface area contributed by atoms with Crippen LogP contribution in [-0.2, 0) is 0 Å². The molecule has 0 radical (unpaired) electrons. The molecule has 40 heavy (non-hydrogen) atoms. The van der Waals surface area contributed by atoms with E-state index < -0.39 is 0 Å². The van der Waals surface area contributed by atoms with E-state index in [1.807, 2.05) is 48.5 Å². The van der Waals surface area contributed by atoms with Crippen molar-refractivity contribution in [1.29, 1.82) is 5.26 Å². The van der Waals surface area contributed by atoms with Gasteiger partial charge in [-0.1, -0.05) is 91.0 Å². The lowest BCUT2D eigenvalue weighted by Crippen LogP contribution is -1.89. The van der Waals surface area contributed by atoms with Gasteiger partial charge in [0.15, 0.2) is 0 Å². The minimum Gasteiger partial charge on any atom is -0.398 e. The van der Waals surface area contributed by atoms with Gasteiger partial charge in [0.05, 0.1) is 21.8 Å². The maximum Gasteiger partial charge on any atom is 0.126 e. The van der Waals surface area contributed by atoms with Crippen LogP contribution >= 0.6 is 11.3 Å². The van der Waals surface area contributed by atoms with Crippen LogP contribution in [0.5, 0.6) is 0 Å². The Labute approximate surface area is 236 Å². The van der Waals surface area contributed by atoms with Crippen LogP contribution in [-0.4, -0.2) is 4.98 Å². The molecule has 3 nitrogen and oxygen atoms in total. The van der Waals surface area contributed by atoms with Crippen molar-refractivity contribution in [1.82, 2.24) is 4.98 Å². The van der Waals surface area contributed by atoms with Crippen molar-refractivity contribution in [2.75, 3.05) is 5.73 Å². The minimum atomic E-state index is 0.663. The van der Waals surface area contributed by atoms with E-state index in [1.165, 1.54) is 10.8 Å². The van der Waals surface area contributed by atoms with Gasteiger partial charge in [-0.05, 0) is 75.0 Å². The number of nitrogens with zero attached hydrogens (tertiary/aromatic N) is 2. The maximum atomic E-state index is 9.12. The molecule has 0 spiro atoms. The molecule has 7 rings (SSSR count). The van der Waals surface area contributed by atoms with Crippen LogP contribution in [0, 0.1) is 11.3 Å². The van der Waals surface area contributed by atoms with E-state index in [1.54, 1.807) is 11.3 Å². The van der Waals surface area contributed by atoms with Crippen molar-refractivity contribution in [2.45, 2.75) is 0 Å². The molecule has 1 heterocycles. The maximum absolute atomic E-state index is 9.12. The Hall–Kier alpha value is -5.24. The predicted octanol–water partition coefficient (Wildman–Crippen LogP) is 9.57. The first kappa shape index (κ1) is 23.8. The van der Waals surface area contributed by atoms with Crippen molar-refractivity contribution < 1.29 is 0 Å². The lowest BCUT2D eigenvalue weighted by molar-refractivity contribution is 1.47. The second-order valence-corrected chi connectivity index (χ2v) is 10.8. The van der Waals surface area contributed by atoms with Gasteiger partial charge in [0.2, 0.25) is 0 Å². The number of nitrogens with two attached hydrogens (primary N) is 1. The zero-order valence-electron chi connectivity index (χ0n) is 21.5. The Bertz CT molecular complexity index is 2060. The number of nitrogen functional groups attached to an aromatic ring is 1. The molecule has 2 N–H and O–H groups in total. The molecule has 0 atom stereocenters. The van der Waals surface area contributed by atoms with E-state index >= 15 is 0 Å². The number of para-hydroxylation sites is 1. The Kier molecular flexibility index (Phi) is 5.85. The van der Waals surface area contributed by atoms with Gasteiger partial charge in [0, 0.05) is 16.8 Å². The first-order valence-corrected chi connectivity index (χ1v) is 13.9. The van der Waals surface area contributed by atoms with Crippen LogP contribution in [0.4, 0.5) is 5.69 Å². The summed E-state index contributed by atoms with van der Waals surface area (Å²) < 4.78 is 1.12. The SMILES string of the molecule is N#Cc1ccc(-c2ccc(-c3cc(-c4cccc5ccccc45)c4nc(-c5ccccc5N)sc4c3)cc2)cc1. The third kappa shape index (κ3) is 4.19. The number of rotatable bonds is 4. The van der Waals surface area contributed by atoms with Gasteiger partial charge in [-0.2, -0.15) is 5.26 Å². The number of benzene rings is 6. The lowest BCUT2D eigenvalue weighted by Gasteiger charge is -2.11. The summed E-state index contributed by atoms with van der Waals surface area (Å²) in [5, 5.41) is 12.4. The third-order valence-corrected chi connectivity index (χ3v) is 8.37. The summed E-state index contributed by atoms with van der Waals surface area (Å²) in [7, 11) is 0. The van der Waals surface area contributed by atoms with Gasteiger partial charge >= 0.3 is 0 Å². The fraction of sp³-hybridized carbons (Fsp3) is 0. The number of nitriles is 1. The van der Waals surface area contributed by atoms with Crippen molar-refractivity contribution in [3.8, 4) is 50.0 Å².